The van der Waals surface area contributed by atoms with E-state index in [0.29, 0.717) is 5.16 Å². The SMILES string of the molecule is COCC(C)(C)OC(=O)c1c(N)nc(SC)n1-c1ccccc1. The summed E-state index contributed by atoms with van der Waals surface area (Å²) in [6, 6.07) is 9.46. The normalized spacial score (nSPS) is 11.5. The third-order valence-electron chi connectivity index (χ3n) is 3.12. The molecule has 1 heterocycles. The number of carbonyl (C=O) groups excluding carboxylic acids is 1. The highest BCUT2D eigenvalue weighted by atomic mass is 32.2. The number of hydrogen-bond donors (Lipinski definition) is 1. The van der Waals surface area contributed by atoms with Crippen molar-refractivity contribution >= 4 is 23.5 Å². The Morgan fingerprint density at radius 2 is 2.00 bits per heavy atom. The first kappa shape index (κ1) is 17.4. The molecule has 0 amide bonds. The Kier molecular flexibility index (Phi) is 5.33. The van der Waals surface area contributed by atoms with Gasteiger partial charge in [-0.1, -0.05) is 30.0 Å². The fraction of sp³-hybridized carbons (Fsp3) is 0.375. The van der Waals surface area contributed by atoms with Gasteiger partial charge in [-0.15, -0.1) is 0 Å². The molecule has 2 rings (SSSR count). The molecular weight excluding hydrogens is 314 g/mol. The summed E-state index contributed by atoms with van der Waals surface area (Å²) in [6.07, 6.45) is 1.88. The van der Waals surface area contributed by atoms with Gasteiger partial charge >= 0.3 is 5.97 Å². The monoisotopic (exact) mass is 335 g/mol. The van der Waals surface area contributed by atoms with Crippen LogP contribution in [0.15, 0.2) is 35.5 Å². The average molecular weight is 335 g/mol. The van der Waals surface area contributed by atoms with Crippen LogP contribution < -0.4 is 5.73 Å². The number of imidazole rings is 1. The summed E-state index contributed by atoms with van der Waals surface area (Å²) in [6.45, 7) is 3.85. The van der Waals surface area contributed by atoms with Crippen molar-refractivity contribution in [1.82, 2.24) is 9.55 Å². The topological polar surface area (TPSA) is 79.4 Å². The number of anilines is 1. The van der Waals surface area contributed by atoms with Crippen LogP contribution in [0.25, 0.3) is 5.69 Å². The van der Waals surface area contributed by atoms with E-state index in [1.54, 1.807) is 25.5 Å². The quantitative estimate of drug-likeness (QED) is 0.646. The van der Waals surface area contributed by atoms with E-state index in [4.69, 9.17) is 15.2 Å². The number of esters is 1. The minimum atomic E-state index is -0.760. The van der Waals surface area contributed by atoms with Crippen LogP contribution in [0.4, 0.5) is 5.82 Å². The number of methoxy groups -OCH3 is 1. The van der Waals surface area contributed by atoms with Gasteiger partial charge in [0.2, 0.25) is 0 Å². The van der Waals surface area contributed by atoms with Crippen molar-refractivity contribution in [3.8, 4) is 5.69 Å². The molecule has 0 unspecified atom stereocenters. The summed E-state index contributed by atoms with van der Waals surface area (Å²) in [5, 5.41) is 0.630. The van der Waals surface area contributed by atoms with Gasteiger partial charge in [-0.25, -0.2) is 9.78 Å². The Hall–Kier alpha value is -1.99. The Labute approximate surface area is 140 Å². The number of nitrogens with zero attached hydrogens (tertiary/aromatic N) is 2. The number of aromatic nitrogens is 2. The van der Waals surface area contributed by atoms with Crippen LogP contribution >= 0.6 is 11.8 Å². The molecular formula is C16H21N3O3S. The van der Waals surface area contributed by atoms with Gasteiger partial charge in [-0.05, 0) is 32.2 Å². The summed E-state index contributed by atoms with van der Waals surface area (Å²) in [5.74, 6) is -0.377. The van der Waals surface area contributed by atoms with Crippen molar-refractivity contribution in [1.29, 1.82) is 0 Å². The first-order chi connectivity index (χ1) is 10.9. The van der Waals surface area contributed by atoms with Crippen LogP contribution in [0, 0.1) is 0 Å². The molecule has 0 bridgehead atoms. The van der Waals surface area contributed by atoms with E-state index in [2.05, 4.69) is 4.98 Å². The van der Waals surface area contributed by atoms with Crippen molar-refractivity contribution < 1.29 is 14.3 Å². The Bertz CT molecular complexity index is 683. The summed E-state index contributed by atoms with van der Waals surface area (Å²) < 4.78 is 12.3. The van der Waals surface area contributed by atoms with Crippen molar-refractivity contribution in [2.75, 3.05) is 25.7 Å². The molecule has 0 fully saturated rings. The molecule has 6 nitrogen and oxygen atoms in total. The molecule has 0 aliphatic rings. The zero-order valence-corrected chi connectivity index (χ0v) is 14.5. The molecule has 0 saturated carbocycles. The van der Waals surface area contributed by atoms with Crippen LogP contribution in [0.1, 0.15) is 24.3 Å². The van der Waals surface area contributed by atoms with Crippen LogP contribution in [0.3, 0.4) is 0 Å². The lowest BCUT2D eigenvalue weighted by Crippen LogP contribution is -2.33. The third kappa shape index (κ3) is 3.86. The molecule has 0 spiro atoms. The van der Waals surface area contributed by atoms with Crippen molar-refractivity contribution in [3.63, 3.8) is 0 Å². The minimum absolute atomic E-state index is 0.149. The van der Waals surface area contributed by atoms with Gasteiger partial charge in [0.15, 0.2) is 16.7 Å². The van der Waals surface area contributed by atoms with Crippen molar-refractivity contribution in [2.24, 2.45) is 0 Å². The number of carbonyl (C=O) groups is 1. The molecule has 23 heavy (non-hydrogen) atoms. The molecule has 1 aromatic carbocycles. The molecule has 0 atom stereocenters. The maximum atomic E-state index is 12.7. The number of hydrogen-bond acceptors (Lipinski definition) is 6. The molecule has 0 saturated heterocycles. The van der Waals surface area contributed by atoms with E-state index >= 15 is 0 Å². The number of nitrogen functional groups attached to an aromatic ring is 1. The summed E-state index contributed by atoms with van der Waals surface area (Å²) >= 11 is 1.41. The predicted octanol–water partition coefficient (Wildman–Crippen LogP) is 2.76. The predicted molar refractivity (Wildman–Crippen MR) is 91.1 cm³/mol. The van der Waals surface area contributed by atoms with Gasteiger partial charge in [-0.2, -0.15) is 0 Å². The van der Waals surface area contributed by atoms with Crippen LogP contribution in [-0.2, 0) is 9.47 Å². The number of para-hydroxylation sites is 1. The lowest BCUT2D eigenvalue weighted by molar-refractivity contribution is -0.0370. The summed E-state index contributed by atoms with van der Waals surface area (Å²) in [7, 11) is 1.56. The summed E-state index contributed by atoms with van der Waals surface area (Å²) in [4.78, 5) is 16.9. The standard InChI is InChI=1S/C16H21N3O3S/c1-16(2,10-21-3)22-14(20)12-13(17)18-15(23-4)19(12)11-8-6-5-7-9-11/h5-9H,10,17H2,1-4H3. The second-order valence-corrected chi connectivity index (χ2v) is 6.36. The smallest absolute Gasteiger partial charge is 0.359 e. The van der Waals surface area contributed by atoms with E-state index in [1.165, 1.54) is 11.8 Å². The van der Waals surface area contributed by atoms with Crippen LogP contribution in [0.2, 0.25) is 0 Å². The highest BCUT2D eigenvalue weighted by Gasteiger charge is 2.29. The highest BCUT2D eigenvalue weighted by Crippen LogP contribution is 2.27. The number of rotatable bonds is 6. The molecule has 0 aliphatic carbocycles. The first-order valence-electron chi connectivity index (χ1n) is 7.09. The van der Waals surface area contributed by atoms with E-state index in [1.807, 2.05) is 36.6 Å². The Morgan fingerprint density at radius 1 is 1.35 bits per heavy atom. The molecule has 2 N–H and O–H groups in total. The van der Waals surface area contributed by atoms with Crippen LogP contribution in [0.5, 0.6) is 0 Å². The van der Waals surface area contributed by atoms with Crippen molar-refractivity contribution in [2.45, 2.75) is 24.6 Å². The zero-order valence-electron chi connectivity index (χ0n) is 13.7. The fourth-order valence-electron chi connectivity index (χ4n) is 2.24. The number of ether oxygens (including phenoxy) is 2. The van der Waals surface area contributed by atoms with Crippen LogP contribution in [-0.4, -0.2) is 41.1 Å². The average Bonchev–Trinajstić information content (AvgIpc) is 2.84. The highest BCUT2D eigenvalue weighted by molar-refractivity contribution is 7.98. The second-order valence-electron chi connectivity index (χ2n) is 5.59. The largest absolute Gasteiger partial charge is 0.452 e. The molecule has 7 heteroatoms. The third-order valence-corrected chi connectivity index (χ3v) is 3.76. The Morgan fingerprint density at radius 3 is 2.57 bits per heavy atom. The Balaban J connectivity index is 2.46. The number of thioether (sulfide) groups is 1. The zero-order chi connectivity index (χ0) is 17.0. The molecule has 0 aliphatic heterocycles. The van der Waals surface area contributed by atoms with E-state index in [9.17, 15) is 4.79 Å². The van der Waals surface area contributed by atoms with E-state index < -0.39 is 11.6 Å². The maximum absolute atomic E-state index is 12.7. The van der Waals surface area contributed by atoms with Gasteiger partial charge in [-0.3, -0.25) is 4.57 Å². The minimum Gasteiger partial charge on any atom is -0.452 e. The number of benzene rings is 1. The first-order valence-corrected chi connectivity index (χ1v) is 8.32. The molecule has 2 aromatic rings. The van der Waals surface area contributed by atoms with Gasteiger partial charge in [0.1, 0.15) is 5.60 Å². The van der Waals surface area contributed by atoms with E-state index in [-0.39, 0.29) is 18.1 Å². The molecule has 124 valence electrons. The van der Waals surface area contributed by atoms with E-state index in [0.717, 1.165) is 5.69 Å². The molecule has 0 radical (unpaired) electrons. The number of nitrogens with two attached hydrogens (primary N) is 1. The van der Waals surface area contributed by atoms with Gasteiger partial charge in [0, 0.05) is 12.8 Å². The van der Waals surface area contributed by atoms with Gasteiger partial charge in [0.05, 0.1) is 6.61 Å². The van der Waals surface area contributed by atoms with Gasteiger partial charge < -0.3 is 15.2 Å². The lowest BCUT2D eigenvalue weighted by Gasteiger charge is -2.24. The molecule has 1 aromatic heterocycles. The second kappa shape index (κ2) is 7.06. The maximum Gasteiger partial charge on any atom is 0.359 e. The van der Waals surface area contributed by atoms with Crippen molar-refractivity contribution in [3.05, 3.63) is 36.0 Å². The van der Waals surface area contributed by atoms with Gasteiger partial charge in [0.25, 0.3) is 0 Å². The lowest BCUT2D eigenvalue weighted by atomic mass is 10.1. The fourth-order valence-corrected chi connectivity index (χ4v) is 2.81. The summed E-state index contributed by atoms with van der Waals surface area (Å²) in [5.41, 5.74) is 6.24.